The average molecular weight is 346 g/mol. The number of nitro benzene ring substituents is 1. The molecule has 0 bridgehead atoms. The molecule has 0 radical (unpaired) electrons. The number of nitrogens with one attached hydrogen (secondary N) is 1. The molecule has 1 aromatic heterocycles. The molecule has 23 heavy (non-hydrogen) atoms. The quantitative estimate of drug-likeness (QED) is 0.519. The lowest BCUT2D eigenvalue weighted by molar-refractivity contribution is -0.388. The van der Waals surface area contributed by atoms with Gasteiger partial charge in [0.05, 0.1) is 16.8 Å². The second kappa shape index (κ2) is 6.21. The fraction of sp³-hybridized carbons (Fsp3) is 0.0769. The Labute approximate surface area is 132 Å². The van der Waals surface area contributed by atoms with E-state index in [1.54, 1.807) is 0 Å². The van der Waals surface area contributed by atoms with E-state index in [1.165, 1.54) is 18.3 Å². The summed E-state index contributed by atoms with van der Waals surface area (Å²) in [4.78, 5) is 25.3. The number of carbonyl (C=O) groups excluding carboxylic acids is 1. The lowest BCUT2D eigenvalue weighted by Gasteiger charge is -2.09. The van der Waals surface area contributed by atoms with E-state index in [0.29, 0.717) is 12.1 Å². The Morgan fingerprint density at radius 1 is 1.26 bits per heavy atom. The predicted octanol–water partition coefficient (Wildman–Crippen LogP) is 3.91. The van der Waals surface area contributed by atoms with Gasteiger partial charge in [0.15, 0.2) is 0 Å². The van der Waals surface area contributed by atoms with Gasteiger partial charge in [0.1, 0.15) is 10.7 Å². The summed E-state index contributed by atoms with van der Waals surface area (Å²) >= 11 is 5.58. The van der Waals surface area contributed by atoms with Gasteiger partial charge >= 0.3 is 6.18 Å². The second-order valence-electron chi connectivity index (χ2n) is 4.31. The molecule has 1 amide bonds. The largest absolute Gasteiger partial charge is 0.422 e. The summed E-state index contributed by atoms with van der Waals surface area (Å²) < 4.78 is 38.1. The Morgan fingerprint density at radius 3 is 2.48 bits per heavy atom. The van der Waals surface area contributed by atoms with Crippen molar-refractivity contribution in [3.8, 4) is 0 Å². The van der Waals surface area contributed by atoms with Crippen LogP contribution in [0.4, 0.5) is 24.5 Å². The highest BCUT2D eigenvalue weighted by Gasteiger charge is 2.38. The van der Waals surface area contributed by atoms with Crippen molar-refractivity contribution in [3.05, 3.63) is 62.9 Å². The predicted molar refractivity (Wildman–Crippen MR) is 75.3 cm³/mol. The maximum atomic E-state index is 12.7. The number of benzene rings is 1. The molecule has 2 rings (SSSR count). The molecule has 2 aromatic rings. The Hall–Kier alpha value is -2.68. The topological polar surface area (TPSA) is 85.1 Å². The van der Waals surface area contributed by atoms with Crippen LogP contribution in [0.3, 0.4) is 0 Å². The van der Waals surface area contributed by atoms with E-state index < -0.39 is 28.3 Å². The van der Waals surface area contributed by atoms with Crippen LogP contribution in [-0.4, -0.2) is 15.8 Å². The van der Waals surface area contributed by atoms with Gasteiger partial charge in [-0.2, -0.15) is 13.2 Å². The number of hydrogen-bond acceptors (Lipinski definition) is 4. The number of nitrogens with zero attached hydrogens (tertiary/aromatic N) is 2. The number of halogens is 4. The molecule has 0 aliphatic rings. The lowest BCUT2D eigenvalue weighted by Crippen LogP contribution is -2.14. The van der Waals surface area contributed by atoms with E-state index in [2.05, 4.69) is 10.3 Å². The van der Waals surface area contributed by atoms with Gasteiger partial charge < -0.3 is 5.32 Å². The number of amides is 1. The molecule has 0 aliphatic heterocycles. The number of alkyl halides is 3. The van der Waals surface area contributed by atoms with Crippen LogP contribution in [0.25, 0.3) is 0 Å². The Morgan fingerprint density at radius 2 is 1.96 bits per heavy atom. The van der Waals surface area contributed by atoms with Gasteiger partial charge in [-0.15, -0.1) is 0 Å². The van der Waals surface area contributed by atoms with Crippen LogP contribution in [-0.2, 0) is 6.18 Å². The van der Waals surface area contributed by atoms with E-state index in [0.717, 1.165) is 6.07 Å². The maximum Gasteiger partial charge on any atom is 0.422 e. The minimum absolute atomic E-state index is 0.188. The molecule has 1 N–H and O–H groups in total. The minimum atomic E-state index is -4.89. The van der Waals surface area contributed by atoms with Gasteiger partial charge in [0.2, 0.25) is 0 Å². The fourth-order valence-electron chi connectivity index (χ4n) is 1.72. The number of hydrogen-bond donors (Lipinski definition) is 1. The molecule has 1 aromatic carbocycles. The van der Waals surface area contributed by atoms with Gasteiger partial charge in [0, 0.05) is 11.6 Å². The first-order valence-corrected chi connectivity index (χ1v) is 6.35. The van der Waals surface area contributed by atoms with E-state index in [1.807, 2.05) is 0 Å². The monoisotopic (exact) mass is 345 g/mol. The Kier molecular flexibility index (Phi) is 4.50. The van der Waals surface area contributed by atoms with Crippen LogP contribution in [0.1, 0.15) is 15.9 Å². The van der Waals surface area contributed by atoms with Crippen LogP contribution in [0.15, 0.2) is 36.5 Å². The number of anilines is 1. The van der Waals surface area contributed by atoms with Crippen molar-refractivity contribution in [2.75, 3.05) is 5.32 Å². The zero-order valence-electron chi connectivity index (χ0n) is 11.1. The average Bonchev–Trinajstić information content (AvgIpc) is 2.48. The van der Waals surface area contributed by atoms with Gasteiger partial charge in [-0.1, -0.05) is 11.6 Å². The van der Waals surface area contributed by atoms with Crippen molar-refractivity contribution < 1.29 is 22.9 Å². The van der Waals surface area contributed by atoms with Gasteiger partial charge in [0.25, 0.3) is 11.6 Å². The van der Waals surface area contributed by atoms with E-state index in [-0.39, 0.29) is 16.4 Å². The molecule has 0 aliphatic carbocycles. The van der Waals surface area contributed by atoms with Crippen LogP contribution in [0.5, 0.6) is 0 Å². The van der Waals surface area contributed by atoms with Gasteiger partial charge in [-0.05, 0) is 24.3 Å². The van der Waals surface area contributed by atoms with Crippen molar-refractivity contribution in [2.45, 2.75) is 6.18 Å². The molecule has 120 valence electrons. The smallest absolute Gasteiger partial charge is 0.321 e. The number of carbonyl (C=O) groups is 1. The number of rotatable bonds is 3. The molecule has 6 nitrogen and oxygen atoms in total. The molecule has 0 fully saturated rings. The fourth-order valence-corrected chi connectivity index (χ4v) is 1.83. The molecular weight excluding hydrogens is 339 g/mol. The Bertz CT molecular complexity index is 763. The van der Waals surface area contributed by atoms with Crippen LogP contribution in [0.2, 0.25) is 5.15 Å². The summed E-state index contributed by atoms with van der Waals surface area (Å²) in [6.07, 6.45) is -3.66. The van der Waals surface area contributed by atoms with Crippen molar-refractivity contribution >= 4 is 28.9 Å². The van der Waals surface area contributed by atoms with Crippen LogP contribution < -0.4 is 5.32 Å². The standard InChI is InChI=1S/C13H7ClF3N3O3/c14-11-4-2-8(6-18-11)19-12(21)7-1-3-9(13(15,16)17)10(5-7)20(22)23/h1-6H,(H,19,21). The SMILES string of the molecule is O=C(Nc1ccc(Cl)nc1)c1ccc(C(F)(F)F)c([N+](=O)[O-])c1. The third kappa shape index (κ3) is 3.95. The second-order valence-corrected chi connectivity index (χ2v) is 4.70. The molecule has 1 heterocycles. The highest BCUT2D eigenvalue weighted by Crippen LogP contribution is 2.36. The normalized spacial score (nSPS) is 11.1. The zero-order chi connectivity index (χ0) is 17.2. The molecule has 0 spiro atoms. The minimum Gasteiger partial charge on any atom is -0.321 e. The third-order valence-electron chi connectivity index (χ3n) is 2.75. The molecule has 10 heteroatoms. The van der Waals surface area contributed by atoms with Gasteiger partial charge in [-0.3, -0.25) is 14.9 Å². The van der Waals surface area contributed by atoms with Crippen molar-refractivity contribution in [1.82, 2.24) is 4.98 Å². The molecule has 0 atom stereocenters. The molecule has 0 saturated heterocycles. The van der Waals surface area contributed by atoms with E-state index >= 15 is 0 Å². The molecule has 0 unspecified atom stereocenters. The van der Waals surface area contributed by atoms with Gasteiger partial charge in [-0.25, -0.2) is 4.98 Å². The third-order valence-corrected chi connectivity index (χ3v) is 2.97. The zero-order valence-corrected chi connectivity index (χ0v) is 11.9. The summed E-state index contributed by atoms with van der Waals surface area (Å²) in [5.41, 5.74) is -2.67. The van der Waals surface area contributed by atoms with Crippen molar-refractivity contribution in [1.29, 1.82) is 0 Å². The summed E-state index contributed by atoms with van der Waals surface area (Å²) in [6, 6.07) is 4.74. The van der Waals surface area contributed by atoms with E-state index in [4.69, 9.17) is 11.6 Å². The molecular formula is C13H7ClF3N3O3. The number of nitro groups is 1. The highest BCUT2D eigenvalue weighted by molar-refractivity contribution is 6.29. The number of pyridine rings is 1. The highest BCUT2D eigenvalue weighted by atomic mass is 35.5. The van der Waals surface area contributed by atoms with Crippen LogP contribution >= 0.6 is 11.6 Å². The summed E-state index contributed by atoms with van der Waals surface area (Å²) in [6.45, 7) is 0. The Balaban J connectivity index is 2.32. The molecule has 0 saturated carbocycles. The first-order chi connectivity index (χ1) is 10.7. The summed E-state index contributed by atoms with van der Waals surface area (Å²) in [5.74, 6) is -0.814. The van der Waals surface area contributed by atoms with E-state index in [9.17, 15) is 28.1 Å². The van der Waals surface area contributed by atoms with Crippen LogP contribution in [0, 0.1) is 10.1 Å². The first-order valence-electron chi connectivity index (χ1n) is 5.97. The van der Waals surface area contributed by atoms with Crippen molar-refractivity contribution in [2.24, 2.45) is 0 Å². The van der Waals surface area contributed by atoms with Crippen molar-refractivity contribution in [3.63, 3.8) is 0 Å². The lowest BCUT2D eigenvalue weighted by atomic mass is 10.1. The summed E-state index contributed by atoms with van der Waals surface area (Å²) in [5, 5.41) is 13.3. The first kappa shape index (κ1) is 16.7. The number of aromatic nitrogens is 1. The maximum absolute atomic E-state index is 12.7. The summed E-state index contributed by atoms with van der Waals surface area (Å²) in [7, 11) is 0.